The molecule has 0 saturated carbocycles. The van der Waals surface area contributed by atoms with E-state index in [1.165, 1.54) is 0 Å². The fraction of sp³-hybridized carbons (Fsp3) is 0.615. The number of amides is 1. The maximum absolute atomic E-state index is 11.7. The van der Waals surface area contributed by atoms with Gasteiger partial charge in [0.25, 0.3) is 0 Å². The molecule has 1 atom stereocenters. The van der Waals surface area contributed by atoms with Crippen LogP contribution in [0.2, 0.25) is 0 Å². The van der Waals surface area contributed by atoms with Crippen molar-refractivity contribution < 1.29 is 4.79 Å². The van der Waals surface area contributed by atoms with E-state index < -0.39 is 0 Å². The van der Waals surface area contributed by atoms with Crippen LogP contribution < -0.4 is 0 Å². The van der Waals surface area contributed by atoms with Crippen molar-refractivity contribution in [3.8, 4) is 0 Å². The van der Waals surface area contributed by atoms with Crippen molar-refractivity contribution in [2.45, 2.75) is 32.6 Å². The summed E-state index contributed by atoms with van der Waals surface area (Å²) >= 11 is 0. The van der Waals surface area contributed by atoms with Crippen LogP contribution in [0, 0.1) is 5.92 Å². The van der Waals surface area contributed by atoms with Crippen molar-refractivity contribution in [2.75, 3.05) is 13.1 Å². The van der Waals surface area contributed by atoms with E-state index in [2.05, 4.69) is 13.5 Å². The second kappa shape index (κ2) is 6.44. The summed E-state index contributed by atoms with van der Waals surface area (Å²) in [5.41, 5.74) is 0. The van der Waals surface area contributed by atoms with Crippen molar-refractivity contribution in [1.29, 1.82) is 0 Å². The first kappa shape index (κ1) is 12.0. The van der Waals surface area contributed by atoms with Gasteiger partial charge in [0.15, 0.2) is 0 Å². The monoisotopic (exact) mass is 207 g/mol. The van der Waals surface area contributed by atoms with E-state index in [1.807, 2.05) is 17.1 Å². The van der Waals surface area contributed by atoms with Crippen molar-refractivity contribution in [1.82, 2.24) is 4.90 Å². The number of nitrogens with zero attached hydrogens (tertiary/aromatic N) is 1. The highest BCUT2D eigenvalue weighted by Gasteiger charge is 2.15. The molecule has 0 radical (unpaired) electrons. The van der Waals surface area contributed by atoms with E-state index in [4.69, 9.17) is 0 Å². The van der Waals surface area contributed by atoms with Gasteiger partial charge in [-0.2, -0.15) is 0 Å². The molecule has 15 heavy (non-hydrogen) atoms. The van der Waals surface area contributed by atoms with Crippen LogP contribution in [0.15, 0.2) is 24.8 Å². The third kappa shape index (κ3) is 3.90. The normalized spacial score (nSPS) is 18.3. The third-order valence-electron chi connectivity index (χ3n) is 2.92. The van der Waals surface area contributed by atoms with E-state index in [0.717, 1.165) is 38.8 Å². The molecule has 1 fully saturated rings. The quantitative estimate of drug-likeness (QED) is 0.501. The van der Waals surface area contributed by atoms with Gasteiger partial charge >= 0.3 is 0 Å². The van der Waals surface area contributed by atoms with E-state index in [1.54, 1.807) is 6.08 Å². The van der Waals surface area contributed by atoms with Gasteiger partial charge in [-0.1, -0.05) is 19.1 Å². The minimum absolute atomic E-state index is 0.176. The van der Waals surface area contributed by atoms with Crippen LogP contribution in [0.5, 0.6) is 0 Å². The molecule has 2 nitrogen and oxygen atoms in total. The van der Waals surface area contributed by atoms with E-state index in [-0.39, 0.29) is 5.91 Å². The van der Waals surface area contributed by atoms with Gasteiger partial charge in [0, 0.05) is 13.1 Å². The largest absolute Gasteiger partial charge is 0.339 e. The highest BCUT2D eigenvalue weighted by atomic mass is 16.2. The van der Waals surface area contributed by atoms with Gasteiger partial charge in [0.2, 0.25) is 5.91 Å². The summed E-state index contributed by atoms with van der Waals surface area (Å²) in [6.45, 7) is 7.73. The molecule has 1 heterocycles. The first-order valence-electron chi connectivity index (χ1n) is 5.86. The molecule has 0 aromatic rings. The first-order valence-corrected chi connectivity index (χ1v) is 5.86. The van der Waals surface area contributed by atoms with Crippen LogP contribution in [-0.4, -0.2) is 23.9 Å². The lowest BCUT2D eigenvalue weighted by molar-refractivity contribution is -0.125. The van der Waals surface area contributed by atoms with Gasteiger partial charge in [-0.25, -0.2) is 0 Å². The molecule has 0 spiro atoms. The fourth-order valence-electron chi connectivity index (χ4n) is 1.86. The number of allylic oxidation sites excluding steroid dienone is 2. The van der Waals surface area contributed by atoms with Crippen LogP contribution in [0.3, 0.4) is 0 Å². The predicted molar refractivity (Wildman–Crippen MR) is 63.5 cm³/mol. The van der Waals surface area contributed by atoms with Crippen molar-refractivity contribution in [3.63, 3.8) is 0 Å². The molecule has 0 aliphatic carbocycles. The molecule has 1 aliphatic heterocycles. The van der Waals surface area contributed by atoms with Crippen LogP contribution in [0.25, 0.3) is 0 Å². The number of carbonyl (C=O) groups excluding carboxylic acids is 1. The van der Waals surface area contributed by atoms with Crippen LogP contribution in [0.4, 0.5) is 0 Å². The van der Waals surface area contributed by atoms with Crippen molar-refractivity contribution in [3.05, 3.63) is 24.8 Å². The first-order chi connectivity index (χ1) is 7.27. The Morgan fingerprint density at radius 1 is 1.47 bits per heavy atom. The minimum atomic E-state index is 0.176. The Morgan fingerprint density at radius 2 is 2.13 bits per heavy atom. The molecule has 0 bridgehead atoms. The molecule has 0 N–H and O–H groups in total. The summed E-state index contributed by atoms with van der Waals surface area (Å²) in [5, 5.41) is 0. The second-order valence-corrected chi connectivity index (χ2v) is 4.08. The zero-order valence-corrected chi connectivity index (χ0v) is 9.61. The standard InChI is InChI=1S/C13H21NO/c1-3-7-12(4-2)8-9-13(15)14-10-5-6-11-14/h3,8-9,12H,1,4-7,10-11H2,2H3/b9-8+. The Balaban J connectivity index is 2.40. The average molecular weight is 207 g/mol. The Bertz CT molecular complexity index is 239. The zero-order chi connectivity index (χ0) is 11.1. The zero-order valence-electron chi connectivity index (χ0n) is 9.61. The van der Waals surface area contributed by atoms with Gasteiger partial charge in [-0.15, -0.1) is 6.58 Å². The molecule has 1 saturated heterocycles. The number of hydrogen-bond donors (Lipinski definition) is 0. The van der Waals surface area contributed by atoms with Crippen LogP contribution in [0.1, 0.15) is 32.6 Å². The molecule has 84 valence electrons. The Kier molecular flexibility index (Phi) is 5.16. The number of carbonyl (C=O) groups is 1. The smallest absolute Gasteiger partial charge is 0.246 e. The Labute approximate surface area is 92.7 Å². The second-order valence-electron chi connectivity index (χ2n) is 4.08. The van der Waals surface area contributed by atoms with Gasteiger partial charge in [-0.3, -0.25) is 4.79 Å². The lowest BCUT2D eigenvalue weighted by Crippen LogP contribution is -2.25. The average Bonchev–Trinajstić information content (AvgIpc) is 2.77. The lowest BCUT2D eigenvalue weighted by atomic mass is 10.0. The van der Waals surface area contributed by atoms with Gasteiger partial charge in [-0.05, 0) is 37.7 Å². The molecule has 1 aliphatic rings. The summed E-state index contributed by atoms with van der Waals surface area (Å²) in [5.74, 6) is 0.643. The highest BCUT2D eigenvalue weighted by Crippen LogP contribution is 2.12. The maximum atomic E-state index is 11.7. The van der Waals surface area contributed by atoms with E-state index in [9.17, 15) is 4.79 Å². The van der Waals surface area contributed by atoms with Gasteiger partial charge < -0.3 is 4.90 Å². The topological polar surface area (TPSA) is 20.3 Å². The van der Waals surface area contributed by atoms with Crippen LogP contribution in [-0.2, 0) is 4.79 Å². The molecule has 1 amide bonds. The Hall–Kier alpha value is -1.05. The highest BCUT2D eigenvalue weighted by molar-refractivity contribution is 5.87. The van der Waals surface area contributed by atoms with Crippen molar-refractivity contribution in [2.24, 2.45) is 5.92 Å². The number of likely N-dealkylation sites (tertiary alicyclic amines) is 1. The molecule has 2 heteroatoms. The van der Waals surface area contributed by atoms with E-state index in [0.29, 0.717) is 5.92 Å². The minimum Gasteiger partial charge on any atom is -0.339 e. The summed E-state index contributed by atoms with van der Waals surface area (Å²) in [6.07, 6.45) is 10.0. The predicted octanol–water partition coefficient (Wildman–Crippen LogP) is 2.77. The lowest BCUT2D eigenvalue weighted by Gasteiger charge is -2.12. The molecule has 0 aromatic carbocycles. The van der Waals surface area contributed by atoms with Gasteiger partial charge in [0.05, 0.1) is 0 Å². The summed E-state index contributed by atoms with van der Waals surface area (Å²) in [7, 11) is 0. The fourth-order valence-corrected chi connectivity index (χ4v) is 1.86. The molecular weight excluding hydrogens is 186 g/mol. The summed E-state index contributed by atoms with van der Waals surface area (Å²) < 4.78 is 0. The summed E-state index contributed by atoms with van der Waals surface area (Å²) in [6, 6.07) is 0. The maximum Gasteiger partial charge on any atom is 0.246 e. The number of hydrogen-bond acceptors (Lipinski definition) is 1. The summed E-state index contributed by atoms with van der Waals surface area (Å²) in [4.78, 5) is 13.6. The van der Waals surface area contributed by atoms with E-state index >= 15 is 0 Å². The molecular formula is C13H21NO. The SMILES string of the molecule is C=CCC(/C=C/C(=O)N1CCCC1)CC. The molecule has 0 aromatic heterocycles. The Morgan fingerprint density at radius 3 is 2.67 bits per heavy atom. The molecule has 1 unspecified atom stereocenters. The van der Waals surface area contributed by atoms with Gasteiger partial charge in [0.1, 0.15) is 0 Å². The van der Waals surface area contributed by atoms with Crippen molar-refractivity contribution >= 4 is 5.91 Å². The molecule has 1 rings (SSSR count). The third-order valence-corrected chi connectivity index (χ3v) is 2.92. The number of rotatable bonds is 5. The van der Waals surface area contributed by atoms with Crippen LogP contribution >= 0.6 is 0 Å².